The van der Waals surface area contributed by atoms with Crippen molar-refractivity contribution in [3.8, 4) is 5.75 Å². The van der Waals surface area contributed by atoms with Crippen LogP contribution in [-0.4, -0.2) is 19.6 Å². The molecule has 2 rings (SSSR count). The van der Waals surface area contributed by atoms with Crippen LogP contribution in [0.2, 0.25) is 5.02 Å². The van der Waals surface area contributed by atoms with Crippen LogP contribution in [0.5, 0.6) is 5.75 Å². The third kappa shape index (κ3) is 4.50. The van der Waals surface area contributed by atoms with Gasteiger partial charge in [-0.2, -0.15) is 0 Å². The Kier molecular flexibility index (Phi) is 7.29. The lowest BCUT2D eigenvalue weighted by atomic mass is 9.95. The molecule has 21 heavy (non-hydrogen) atoms. The number of rotatable bonds is 5. The van der Waals surface area contributed by atoms with Gasteiger partial charge >= 0.3 is 0 Å². The summed E-state index contributed by atoms with van der Waals surface area (Å²) in [6.45, 7) is 1.04. The van der Waals surface area contributed by atoms with Gasteiger partial charge in [0.05, 0.1) is 7.11 Å². The fraction of sp³-hybridized carbons (Fsp3) is 0.533. The zero-order valence-corrected chi connectivity index (χ0v) is 13.7. The molecule has 0 aliphatic heterocycles. The van der Waals surface area contributed by atoms with Crippen molar-refractivity contribution in [2.45, 2.75) is 25.8 Å². The lowest BCUT2D eigenvalue weighted by Gasteiger charge is -2.18. The van der Waals surface area contributed by atoms with Gasteiger partial charge in [-0.3, -0.25) is 4.79 Å². The Bertz CT molecular complexity index is 483. The summed E-state index contributed by atoms with van der Waals surface area (Å²) in [5.41, 5.74) is 6.64. The monoisotopic (exact) mass is 332 g/mol. The van der Waals surface area contributed by atoms with E-state index in [0.29, 0.717) is 29.8 Å². The van der Waals surface area contributed by atoms with Gasteiger partial charge in [0.2, 0.25) is 5.91 Å². The minimum Gasteiger partial charge on any atom is -0.496 e. The molecule has 118 valence electrons. The van der Waals surface area contributed by atoms with E-state index in [-0.39, 0.29) is 24.2 Å². The van der Waals surface area contributed by atoms with Gasteiger partial charge in [0.25, 0.3) is 0 Å². The Morgan fingerprint density at radius 3 is 2.90 bits per heavy atom. The molecule has 6 heteroatoms. The van der Waals surface area contributed by atoms with E-state index in [9.17, 15) is 4.79 Å². The van der Waals surface area contributed by atoms with Gasteiger partial charge in [-0.1, -0.05) is 24.1 Å². The summed E-state index contributed by atoms with van der Waals surface area (Å²) in [5.74, 6) is 1.16. The second-order valence-electron chi connectivity index (χ2n) is 5.21. The largest absolute Gasteiger partial charge is 0.496 e. The molecule has 3 N–H and O–H groups in total. The second kappa shape index (κ2) is 8.47. The van der Waals surface area contributed by atoms with Crippen LogP contribution in [-0.2, 0) is 11.3 Å². The molecule has 0 heterocycles. The van der Waals surface area contributed by atoms with Crippen LogP contribution in [0.15, 0.2) is 18.2 Å². The summed E-state index contributed by atoms with van der Waals surface area (Å²) in [5, 5.41) is 3.60. The quantitative estimate of drug-likeness (QED) is 0.871. The highest BCUT2D eigenvalue weighted by atomic mass is 35.5. The Morgan fingerprint density at radius 2 is 2.24 bits per heavy atom. The summed E-state index contributed by atoms with van der Waals surface area (Å²) in [4.78, 5) is 12.2. The Hall–Kier alpha value is -0.970. The predicted molar refractivity (Wildman–Crippen MR) is 87.0 cm³/mol. The first-order chi connectivity index (χ1) is 9.65. The van der Waals surface area contributed by atoms with Crippen molar-refractivity contribution in [2.24, 2.45) is 17.6 Å². The normalized spacial score (nSPS) is 20.7. The number of amides is 1. The molecule has 0 saturated heterocycles. The van der Waals surface area contributed by atoms with Gasteiger partial charge in [0, 0.05) is 23.0 Å². The Balaban J connectivity index is 0.00000220. The number of carbonyl (C=O) groups is 1. The predicted octanol–water partition coefficient (Wildman–Crippen LogP) is 2.76. The molecule has 0 bridgehead atoms. The smallest absolute Gasteiger partial charge is 0.223 e. The summed E-state index contributed by atoms with van der Waals surface area (Å²) in [6, 6.07) is 5.42. The van der Waals surface area contributed by atoms with Crippen LogP contribution in [0.1, 0.15) is 24.8 Å². The Morgan fingerprint density at radius 1 is 1.48 bits per heavy atom. The fourth-order valence-corrected chi connectivity index (χ4v) is 3.00. The van der Waals surface area contributed by atoms with Crippen molar-refractivity contribution in [3.63, 3.8) is 0 Å². The van der Waals surface area contributed by atoms with Gasteiger partial charge in [0.15, 0.2) is 0 Å². The number of hydrogen-bond donors (Lipinski definition) is 2. The van der Waals surface area contributed by atoms with Crippen molar-refractivity contribution in [2.75, 3.05) is 13.7 Å². The molecule has 2 atom stereocenters. The summed E-state index contributed by atoms with van der Waals surface area (Å²) in [7, 11) is 1.60. The molecule has 1 saturated carbocycles. The molecule has 0 radical (unpaired) electrons. The molecule has 0 unspecified atom stereocenters. The minimum absolute atomic E-state index is 0. The second-order valence-corrected chi connectivity index (χ2v) is 5.64. The van der Waals surface area contributed by atoms with E-state index >= 15 is 0 Å². The van der Waals surface area contributed by atoms with E-state index in [1.54, 1.807) is 19.2 Å². The van der Waals surface area contributed by atoms with Crippen molar-refractivity contribution in [1.82, 2.24) is 5.32 Å². The van der Waals surface area contributed by atoms with E-state index in [4.69, 9.17) is 22.1 Å². The van der Waals surface area contributed by atoms with E-state index in [1.807, 2.05) is 6.07 Å². The first kappa shape index (κ1) is 18.1. The van der Waals surface area contributed by atoms with E-state index < -0.39 is 0 Å². The lowest BCUT2D eigenvalue weighted by molar-refractivity contribution is -0.126. The van der Waals surface area contributed by atoms with Gasteiger partial charge in [0.1, 0.15) is 5.75 Å². The molecule has 4 nitrogen and oxygen atoms in total. The van der Waals surface area contributed by atoms with Gasteiger partial charge in [-0.15, -0.1) is 12.4 Å². The number of hydrogen-bond acceptors (Lipinski definition) is 3. The maximum absolute atomic E-state index is 12.2. The SMILES string of the molecule is COc1cc(Cl)ccc1CNC(=O)[C@@H]1CCC[C@@H]1CN.Cl. The van der Waals surface area contributed by atoms with Crippen LogP contribution in [0, 0.1) is 11.8 Å². The van der Waals surface area contributed by atoms with Crippen molar-refractivity contribution in [3.05, 3.63) is 28.8 Å². The maximum atomic E-state index is 12.2. The zero-order chi connectivity index (χ0) is 14.5. The highest BCUT2D eigenvalue weighted by molar-refractivity contribution is 6.30. The number of carbonyl (C=O) groups excluding carboxylic acids is 1. The number of methoxy groups -OCH3 is 1. The number of halogens is 2. The summed E-state index contributed by atoms with van der Waals surface area (Å²) < 4.78 is 5.27. The minimum atomic E-state index is 0. The summed E-state index contributed by atoms with van der Waals surface area (Å²) in [6.07, 6.45) is 3.08. The van der Waals surface area contributed by atoms with Crippen molar-refractivity contribution < 1.29 is 9.53 Å². The zero-order valence-electron chi connectivity index (χ0n) is 12.1. The van der Waals surface area contributed by atoms with Crippen LogP contribution in [0.25, 0.3) is 0 Å². The lowest BCUT2D eigenvalue weighted by Crippen LogP contribution is -2.34. The topological polar surface area (TPSA) is 64.3 Å². The summed E-state index contributed by atoms with van der Waals surface area (Å²) >= 11 is 5.92. The first-order valence-electron chi connectivity index (χ1n) is 6.96. The van der Waals surface area contributed by atoms with Gasteiger partial charge in [-0.25, -0.2) is 0 Å². The van der Waals surface area contributed by atoms with Crippen molar-refractivity contribution in [1.29, 1.82) is 0 Å². The van der Waals surface area contributed by atoms with Crippen LogP contribution in [0.4, 0.5) is 0 Å². The standard InChI is InChI=1S/C15H21ClN2O2.ClH/c1-20-14-7-12(16)6-5-11(14)9-18-15(19)13-4-2-3-10(13)8-17;/h5-7,10,13H,2-4,8-9,17H2,1H3,(H,18,19);1H/t10-,13-;/m1./s1. The fourth-order valence-electron chi connectivity index (χ4n) is 2.84. The average Bonchev–Trinajstić information content (AvgIpc) is 2.94. The number of ether oxygens (including phenoxy) is 1. The molecule has 0 spiro atoms. The average molecular weight is 333 g/mol. The molecule has 1 aromatic carbocycles. The van der Waals surface area contributed by atoms with E-state index in [1.165, 1.54) is 0 Å². The molecule has 1 fully saturated rings. The molecule has 0 aromatic heterocycles. The van der Waals surface area contributed by atoms with E-state index in [2.05, 4.69) is 5.32 Å². The van der Waals surface area contributed by atoms with Gasteiger partial charge in [-0.05, 0) is 37.4 Å². The highest BCUT2D eigenvalue weighted by Crippen LogP contribution is 2.31. The van der Waals surface area contributed by atoms with Gasteiger partial charge < -0.3 is 15.8 Å². The maximum Gasteiger partial charge on any atom is 0.223 e. The molecule has 1 aliphatic carbocycles. The highest BCUT2D eigenvalue weighted by Gasteiger charge is 2.31. The van der Waals surface area contributed by atoms with Crippen LogP contribution >= 0.6 is 24.0 Å². The number of benzene rings is 1. The number of nitrogens with one attached hydrogen (secondary N) is 1. The molecule has 1 amide bonds. The van der Waals surface area contributed by atoms with Crippen LogP contribution < -0.4 is 15.8 Å². The molecule has 1 aliphatic rings. The number of nitrogens with two attached hydrogens (primary N) is 1. The molecular formula is C15H22Cl2N2O2. The third-order valence-electron chi connectivity index (χ3n) is 4.00. The first-order valence-corrected chi connectivity index (χ1v) is 7.33. The van der Waals surface area contributed by atoms with Crippen molar-refractivity contribution >= 4 is 29.9 Å². The Labute approximate surface area is 136 Å². The molecule has 1 aromatic rings. The molecular weight excluding hydrogens is 311 g/mol. The third-order valence-corrected chi connectivity index (χ3v) is 4.24. The van der Waals surface area contributed by atoms with Crippen LogP contribution in [0.3, 0.4) is 0 Å². The van der Waals surface area contributed by atoms with E-state index in [0.717, 1.165) is 24.8 Å².